The molecule has 654 valence electrons. The van der Waals surface area contributed by atoms with Gasteiger partial charge in [-0.1, -0.05) is 354 Å². The molecule has 0 fully saturated rings. The first kappa shape index (κ1) is 88.8. The molecule has 0 spiro atoms. The van der Waals surface area contributed by atoms with Gasteiger partial charge in [0.2, 0.25) is 0 Å². The van der Waals surface area contributed by atoms with E-state index < -0.39 is 0 Å². The average molecular weight is 1750 g/mol. The van der Waals surface area contributed by atoms with Crippen LogP contribution in [0.2, 0.25) is 0 Å². The Kier molecular flexibility index (Phi) is 27.9. The lowest BCUT2D eigenvalue weighted by molar-refractivity contribution is 1.24. The van der Waals surface area contributed by atoms with E-state index in [0.29, 0.717) is 0 Å². The van der Waals surface area contributed by atoms with Crippen molar-refractivity contribution in [1.82, 2.24) is 0 Å². The molecule has 20 rings (SSSR count). The van der Waals surface area contributed by atoms with Crippen LogP contribution >= 0.6 is 0 Å². The highest BCUT2D eigenvalue weighted by atomic mass is 15.2. The number of rotatable bonds is 29. The molecule has 0 aliphatic carbocycles. The first-order valence-corrected chi connectivity index (χ1v) is 46.1. The molecule has 0 unspecified atom stereocenters. The van der Waals surface area contributed by atoms with E-state index in [1.807, 2.05) is 48.6 Å². The van der Waals surface area contributed by atoms with Crippen LogP contribution in [0.3, 0.4) is 0 Å². The van der Waals surface area contributed by atoms with E-state index in [1.165, 1.54) is 43.8 Å². The number of hydrogen-bond donors (Lipinski definition) is 0. The third-order valence-electron chi connectivity index (χ3n) is 24.5. The van der Waals surface area contributed by atoms with Crippen molar-refractivity contribution in [2.45, 2.75) is 12.8 Å². The fourth-order valence-corrected chi connectivity index (χ4v) is 17.8. The minimum Gasteiger partial charge on any atom is -0.311 e. The summed E-state index contributed by atoms with van der Waals surface area (Å²) in [7, 11) is 0. The maximum absolute atomic E-state index is 4.05. The Bertz CT molecular complexity index is 6990. The zero-order chi connectivity index (χ0) is 92.7. The largest absolute Gasteiger partial charge is 0.311 e. The lowest BCUT2D eigenvalue weighted by Gasteiger charge is -2.28. The highest BCUT2D eigenvalue weighted by Crippen LogP contribution is 2.47. The molecular weight excluding hydrogens is 1650 g/mol. The van der Waals surface area contributed by atoms with Crippen LogP contribution in [0.4, 0.5) is 102 Å². The first-order valence-electron chi connectivity index (χ1n) is 46.1. The molecule has 20 aromatic carbocycles. The molecular formula is C130H104N6. The molecule has 0 atom stereocenters. The summed E-state index contributed by atoms with van der Waals surface area (Å²) in [5.74, 6) is 0. The van der Waals surface area contributed by atoms with Gasteiger partial charge in [-0.05, 0) is 297 Å². The Morgan fingerprint density at radius 2 is 0.353 bits per heavy atom. The summed E-state index contributed by atoms with van der Waals surface area (Å²) in [4.78, 5) is 13.8. The second-order valence-corrected chi connectivity index (χ2v) is 33.1. The summed E-state index contributed by atoms with van der Waals surface area (Å²) in [5.41, 5.74) is 33.9. The maximum Gasteiger partial charge on any atom is 0.0540 e. The van der Waals surface area contributed by atoms with Gasteiger partial charge in [0.1, 0.15) is 0 Å². The third-order valence-corrected chi connectivity index (χ3v) is 24.5. The predicted octanol–water partition coefficient (Wildman–Crippen LogP) is 37.2. The lowest BCUT2D eigenvalue weighted by Crippen LogP contribution is -2.10. The Morgan fingerprint density at radius 3 is 0.588 bits per heavy atom. The van der Waals surface area contributed by atoms with Gasteiger partial charge in [0.25, 0.3) is 0 Å². The summed E-state index contributed by atoms with van der Waals surface area (Å²) in [5, 5.41) is 4.74. The van der Waals surface area contributed by atoms with Crippen LogP contribution in [0.5, 0.6) is 0 Å². The molecule has 0 saturated heterocycles. The predicted molar refractivity (Wildman–Crippen MR) is 587 cm³/mol. The van der Waals surface area contributed by atoms with Gasteiger partial charge in [-0.25, -0.2) is 0 Å². The Labute approximate surface area is 800 Å². The van der Waals surface area contributed by atoms with Crippen molar-refractivity contribution in [3.05, 3.63) is 582 Å². The topological polar surface area (TPSA) is 19.4 Å². The van der Waals surface area contributed by atoms with Gasteiger partial charge >= 0.3 is 0 Å². The molecule has 20 aromatic rings. The van der Waals surface area contributed by atoms with Crippen molar-refractivity contribution in [1.29, 1.82) is 0 Å². The van der Waals surface area contributed by atoms with Crippen LogP contribution < -0.4 is 29.4 Å². The Balaban J connectivity index is 0.000000137. The minimum atomic E-state index is 0.865. The van der Waals surface area contributed by atoms with E-state index >= 15 is 0 Å². The third kappa shape index (κ3) is 20.2. The van der Waals surface area contributed by atoms with Crippen molar-refractivity contribution >= 4 is 148 Å². The van der Waals surface area contributed by atoms with Gasteiger partial charge in [0, 0.05) is 102 Å². The van der Waals surface area contributed by atoms with E-state index in [0.717, 1.165) is 160 Å². The summed E-state index contributed by atoms with van der Waals surface area (Å²) in [6.07, 6.45) is 13.2. The SMILES string of the molecule is C=CCc1ccc(N(c2ccccc2)c2ccc(-c3ccc(N(c4ccccc4)c4ccc(CC=C)cc4)cc3)cc2)cc1.C=Cc1ccc(N(c2ccccc2)c2ccc(-c3ccc(N(c4ccccc4)c4ccc(C=C)c5ccccc45)cc3)cc2)c2ccccc12.C=Cc1cccc(N(c2ccccc2)c2ccc(-c3ccc(N(c4ccccc4)c4cccc(C=C)c4)cc3)cc2)c1. The maximum atomic E-state index is 4.05. The van der Waals surface area contributed by atoms with Crippen molar-refractivity contribution < 1.29 is 0 Å². The van der Waals surface area contributed by atoms with Crippen molar-refractivity contribution in [2.75, 3.05) is 29.4 Å². The second-order valence-electron chi connectivity index (χ2n) is 33.1. The smallest absolute Gasteiger partial charge is 0.0540 e. The van der Waals surface area contributed by atoms with Gasteiger partial charge in [-0.15, -0.1) is 13.2 Å². The molecule has 0 heterocycles. The van der Waals surface area contributed by atoms with Crippen LogP contribution in [-0.2, 0) is 12.8 Å². The van der Waals surface area contributed by atoms with Crippen molar-refractivity contribution in [2.24, 2.45) is 0 Å². The molecule has 0 radical (unpaired) electrons. The van der Waals surface area contributed by atoms with Crippen LogP contribution in [0.25, 0.3) is 79.2 Å². The quantitative estimate of drug-likeness (QED) is 0.0432. The summed E-state index contributed by atoms with van der Waals surface area (Å²) in [6, 6.07) is 176. The Hall–Kier alpha value is -17.8. The zero-order valence-electron chi connectivity index (χ0n) is 76.1. The molecule has 6 nitrogen and oxygen atoms in total. The van der Waals surface area contributed by atoms with Crippen molar-refractivity contribution in [3.8, 4) is 33.4 Å². The summed E-state index contributed by atoms with van der Waals surface area (Å²) in [6.45, 7) is 23.8. The molecule has 136 heavy (non-hydrogen) atoms. The fraction of sp³-hybridized carbons (Fsp3) is 0.0154. The van der Waals surface area contributed by atoms with Gasteiger partial charge in [-0.2, -0.15) is 0 Å². The molecule has 0 amide bonds. The van der Waals surface area contributed by atoms with Crippen LogP contribution in [-0.4, -0.2) is 0 Å². The highest BCUT2D eigenvalue weighted by Gasteiger charge is 2.23. The molecule has 0 saturated carbocycles. The zero-order valence-corrected chi connectivity index (χ0v) is 76.1. The molecule has 0 aliphatic heterocycles. The van der Waals surface area contributed by atoms with Crippen LogP contribution in [0.15, 0.2) is 549 Å². The normalized spacial score (nSPS) is 10.7. The molecule has 0 aromatic heterocycles. The number of hydrogen-bond acceptors (Lipinski definition) is 6. The van der Waals surface area contributed by atoms with Gasteiger partial charge in [0.05, 0.1) is 11.4 Å². The van der Waals surface area contributed by atoms with E-state index in [1.54, 1.807) is 0 Å². The molecule has 0 N–H and O–H groups in total. The van der Waals surface area contributed by atoms with Crippen LogP contribution in [0, 0.1) is 0 Å². The number of benzene rings is 20. The number of para-hydroxylation sites is 6. The van der Waals surface area contributed by atoms with E-state index in [-0.39, 0.29) is 0 Å². The number of nitrogens with zero attached hydrogens (tertiary/aromatic N) is 6. The van der Waals surface area contributed by atoms with Crippen molar-refractivity contribution in [3.63, 3.8) is 0 Å². The summed E-state index contributed by atoms with van der Waals surface area (Å²) >= 11 is 0. The summed E-state index contributed by atoms with van der Waals surface area (Å²) < 4.78 is 0. The Morgan fingerprint density at radius 1 is 0.154 bits per heavy atom. The first-order chi connectivity index (χ1) is 67.2. The van der Waals surface area contributed by atoms with Gasteiger partial charge in [-0.3, -0.25) is 0 Å². The highest BCUT2D eigenvalue weighted by molar-refractivity contribution is 6.05. The van der Waals surface area contributed by atoms with Gasteiger partial charge < -0.3 is 29.4 Å². The van der Waals surface area contributed by atoms with E-state index in [9.17, 15) is 0 Å². The lowest BCUT2D eigenvalue weighted by atomic mass is 10.00. The fourth-order valence-electron chi connectivity index (χ4n) is 17.8. The van der Waals surface area contributed by atoms with E-state index in [4.69, 9.17) is 0 Å². The van der Waals surface area contributed by atoms with E-state index in [2.05, 4.69) is 554 Å². The average Bonchev–Trinajstić information content (AvgIpc) is 0.768. The van der Waals surface area contributed by atoms with Crippen LogP contribution in [0.1, 0.15) is 33.4 Å². The number of fused-ring (bicyclic) bond motifs is 2. The number of anilines is 18. The van der Waals surface area contributed by atoms with Gasteiger partial charge in [0.15, 0.2) is 0 Å². The molecule has 6 heteroatoms. The standard InChI is InChI=1S/C48H36N2.C42H36N2.C40H32N2/c1-3-35-27-33-47(45-21-13-11-19-43(35)45)49(39-15-7-5-8-16-39)41-29-23-37(24-30-41)38-25-31-42(32-26-38)50(40-17-9-6-10-18-40)48-34-28-36(4-2)44-20-12-14-22-46(44)48;1-3-11-33-17-25-39(26-18-33)43(37-13-7-5-8-14-37)41-29-21-35(22-30-41)36-23-31-42(32-24-36)44(38-15-9-6-10-16-38)40-27-19-34(12-4-2)20-28-40;1-3-31-13-11-19-39(29-31)41(35-15-7-5-8-16-35)37-25-21-33(22-26-37)34-23-27-38(28-24-34)42(36-17-9-6-10-18-36)40-20-12-14-32(4-2)30-40/h3-34H,1-2H2;3-10,13-32H,1-2,11-12H2;3-30H,1-2H2. The second kappa shape index (κ2) is 42.8. The number of allylic oxidation sites excluding steroid dienone is 2. The monoisotopic (exact) mass is 1750 g/mol. The minimum absolute atomic E-state index is 0.865. The molecule has 0 bridgehead atoms. The molecule has 0 aliphatic rings.